The number of amides is 1. The van der Waals surface area contributed by atoms with Crippen LogP contribution in [0.2, 0.25) is 0 Å². The molecule has 2 aromatic rings. The smallest absolute Gasteiger partial charge is 0.219 e. The van der Waals surface area contributed by atoms with Crippen molar-refractivity contribution in [1.82, 2.24) is 20.0 Å². The van der Waals surface area contributed by atoms with E-state index in [1.807, 2.05) is 4.90 Å². The van der Waals surface area contributed by atoms with Crippen molar-refractivity contribution in [3.8, 4) is 0 Å². The molecule has 3 aliphatic heterocycles. The van der Waals surface area contributed by atoms with Gasteiger partial charge in [0.1, 0.15) is 0 Å². The van der Waals surface area contributed by atoms with Crippen LogP contribution in [0.4, 0.5) is 0 Å². The van der Waals surface area contributed by atoms with Crippen molar-refractivity contribution in [2.24, 2.45) is 0 Å². The second-order valence-corrected chi connectivity index (χ2v) is 10.1. The maximum absolute atomic E-state index is 11.6. The van der Waals surface area contributed by atoms with E-state index in [0.29, 0.717) is 18.1 Å². The van der Waals surface area contributed by atoms with Gasteiger partial charge in [-0.3, -0.25) is 14.6 Å². The molecule has 33 heavy (non-hydrogen) atoms. The summed E-state index contributed by atoms with van der Waals surface area (Å²) in [7, 11) is 0. The largest absolute Gasteiger partial charge is 0.340 e. The summed E-state index contributed by atoms with van der Waals surface area (Å²) in [5.74, 6) is 0.214. The highest BCUT2D eigenvalue weighted by Crippen LogP contribution is 2.37. The normalized spacial score (nSPS) is 26.1. The monoisotopic (exact) mass is 446 g/mol. The topological polar surface area (TPSA) is 38.8 Å². The Hall–Kier alpha value is -2.21. The molecular weight excluding hydrogens is 408 g/mol. The molecule has 0 saturated carbocycles. The lowest BCUT2D eigenvalue weighted by Gasteiger charge is -2.42. The molecule has 1 amide bonds. The Morgan fingerprint density at radius 2 is 1.39 bits per heavy atom. The van der Waals surface area contributed by atoms with Gasteiger partial charge in [-0.1, -0.05) is 60.7 Å². The van der Waals surface area contributed by atoms with E-state index in [-0.39, 0.29) is 11.9 Å². The minimum absolute atomic E-state index is 0.214. The van der Waals surface area contributed by atoms with Crippen LogP contribution in [0.1, 0.15) is 49.8 Å². The van der Waals surface area contributed by atoms with Crippen LogP contribution in [0.25, 0.3) is 0 Å². The van der Waals surface area contributed by atoms with Gasteiger partial charge in [0, 0.05) is 64.3 Å². The lowest BCUT2D eigenvalue weighted by molar-refractivity contribution is -0.130. The number of nitrogens with one attached hydrogen (secondary N) is 1. The molecule has 1 unspecified atom stereocenters. The SMILES string of the molecule is CC(=O)N1CCN(CCN2[C@@H]3CC[C@H]2CC(NC(c2ccccc2)c2ccccc2)C3)CC1. The van der Waals surface area contributed by atoms with Crippen molar-refractivity contribution in [3.63, 3.8) is 0 Å². The van der Waals surface area contributed by atoms with Gasteiger partial charge in [-0.15, -0.1) is 0 Å². The summed E-state index contributed by atoms with van der Waals surface area (Å²) >= 11 is 0. The Morgan fingerprint density at radius 1 is 0.848 bits per heavy atom. The molecule has 3 saturated heterocycles. The van der Waals surface area contributed by atoms with Crippen molar-refractivity contribution in [2.45, 2.75) is 56.8 Å². The minimum Gasteiger partial charge on any atom is -0.340 e. The van der Waals surface area contributed by atoms with Gasteiger partial charge in [0.15, 0.2) is 0 Å². The number of benzene rings is 2. The average Bonchev–Trinajstić information content (AvgIpc) is 3.10. The third kappa shape index (κ3) is 5.32. The summed E-state index contributed by atoms with van der Waals surface area (Å²) in [4.78, 5) is 18.9. The van der Waals surface area contributed by atoms with E-state index in [1.165, 1.54) is 43.4 Å². The Kier molecular flexibility index (Phi) is 7.10. The summed E-state index contributed by atoms with van der Waals surface area (Å²) in [6, 6.07) is 24.0. The molecule has 0 aliphatic carbocycles. The molecule has 5 nitrogen and oxygen atoms in total. The van der Waals surface area contributed by atoms with Crippen LogP contribution in [0, 0.1) is 0 Å². The van der Waals surface area contributed by atoms with E-state index in [9.17, 15) is 4.79 Å². The first-order chi connectivity index (χ1) is 16.2. The van der Waals surface area contributed by atoms with Crippen molar-refractivity contribution >= 4 is 5.91 Å². The van der Waals surface area contributed by atoms with Crippen molar-refractivity contribution in [2.75, 3.05) is 39.3 Å². The molecule has 0 aromatic heterocycles. The first-order valence-electron chi connectivity index (χ1n) is 12.8. The van der Waals surface area contributed by atoms with Crippen LogP contribution in [0.15, 0.2) is 60.7 Å². The van der Waals surface area contributed by atoms with Crippen LogP contribution in [-0.2, 0) is 4.79 Å². The molecule has 1 N–H and O–H groups in total. The molecule has 5 rings (SSSR count). The summed E-state index contributed by atoms with van der Waals surface area (Å²) in [6.45, 7) is 7.79. The van der Waals surface area contributed by atoms with E-state index in [4.69, 9.17) is 0 Å². The predicted molar refractivity (Wildman–Crippen MR) is 133 cm³/mol. The third-order valence-electron chi connectivity index (χ3n) is 8.04. The number of fused-ring (bicyclic) bond motifs is 2. The van der Waals surface area contributed by atoms with Gasteiger partial charge in [-0.2, -0.15) is 0 Å². The van der Waals surface area contributed by atoms with Crippen LogP contribution in [0.3, 0.4) is 0 Å². The summed E-state index contributed by atoms with van der Waals surface area (Å²) in [5, 5.41) is 4.06. The molecule has 0 radical (unpaired) electrons. The third-order valence-corrected chi connectivity index (χ3v) is 8.04. The number of hydrogen-bond donors (Lipinski definition) is 1. The van der Waals surface area contributed by atoms with Crippen molar-refractivity contribution in [3.05, 3.63) is 71.8 Å². The number of nitrogens with zero attached hydrogens (tertiary/aromatic N) is 3. The van der Waals surface area contributed by atoms with Gasteiger partial charge in [0.2, 0.25) is 5.91 Å². The van der Waals surface area contributed by atoms with E-state index in [2.05, 4.69) is 75.8 Å². The van der Waals surface area contributed by atoms with Gasteiger partial charge < -0.3 is 10.2 Å². The number of piperidine rings is 1. The lowest BCUT2D eigenvalue weighted by Crippen LogP contribution is -2.53. The van der Waals surface area contributed by atoms with E-state index in [0.717, 1.165) is 32.7 Å². The minimum atomic E-state index is 0.214. The zero-order valence-electron chi connectivity index (χ0n) is 19.9. The fourth-order valence-electron chi connectivity index (χ4n) is 6.23. The maximum Gasteiger partial charge on any atom is 0.219 e. The Morgan fingerprint density at radius 3 is 1.91 bits per heavy atom. The zero-order chi connectivity index (χ0) is 22.6. The van der Waals surface area contributed by atoms with Crippen molar-refractivity contribution in [1.29, 1.82) is 0 Å². The van der Waals surface area contributed by atoms with Gasteiger partial charge in [-0.25, -0.2) is 0 Å². The average molecular weight is 447 g/mol. The predicted octanol–water partition coefficient (Wildman–Crippen LogP) is 3.53. The number of carbonyl (C=O) groups excluding carboxylic acids is 1. The molecule has 3 heterocycles. The number of rotatable bonds is 7. The molecular formula is C28H38N4O. The first kappa shape index (κ1) is 22.6. The molecule has 3 fully saturated rings. The Bertz CT molecular complexity index is 843. The molecule has 3 atom stereocenters. The first-order valence-corrected chi connectivity index (χ1v) is 12.8. The van der Waals surface area contributed by atoms with Gasteiger partial charge in [-0.05, 0) is 36.8 Å². The van der Waals surface area contributed by atoms with Gasteiger partial charge in [0.25, 0.3) is 0 Å². The molecule has 5 heteroatoms. The summed E-state index contributed by atoms with van der Waals surface area (Å²) < 4.78 is 0. The lowest BCUT2D eigenvalue weighted by atomic mass is 9.93. The highest BCUT2D eigenvalue weighted by Gasteiger charge is 2.41. The highest BCUT2D eigenvalue weighted by atomic mass is 16.2. The molecule has 2 bridgehead atoms. The van der Waals surface area contributed by atoms with Crippen LogP contribution < -0.4 is 5.32 Å². The zero-order valence-corrected chi connectivity index (χ0v) is 19.9. The fourth-order valence-corrected chi connectivity index (χ4v) is 6.23. The van der Waals surface area contributed by atoms with E-state index in [1.54, 1.807) is 6.92 Å². The second-order valence-electron chi connectivity index (χ2n) is 10.1. The van der Waals surface area contributed by atoms with Crippen LogP contribution in [0.5, 0.6) is 0 Å². The van der Waals surface area contributed by atoms with E-state index >= 15 is 0 Å². The molecule has 3 aliphatic rings. The van der Waals surface area contributed by atoms with Gasteiger partial charge >= 0.3 is 0 Å². The standard InChI is InChI=1S/C28H38N4O/c1-22(33)31-17-14-30(15-18-31)16-19-32-26-12-13-27(32)21-25(20-26)29-28(23-8-4-2-5-9-23)24-10-6-3-7-11-24/h2-11,25-29H,12-21H2,1H3/t25?,26-,27+. The van der Waals surface area contributed by atoms with Crippen LogP contribution >= 0.6 is 0 Å². The fraction of sp³-hybridized carbons (Fsp3) is 0.536. The number of piperazine rings is 1. The summed E-state index contributed by atoms with van der Waals surface area (Å²) in [6.07, 6.45) is 5.15. The quantitative estimate of drug-likeness (QED) is 0.706. The maximum atomic E-state index is 11.6. The Labute approximate surface area is 198 Å². The second kappa shape index (κ2) is 10.4. The molecule has 2 aromatic carbocycles. The van der Waals surface area contributed by atoms with Crippen molar-refractivity contribution < 1.29 is 4.79 Å². The molecule has 0 spiro atoms. The number of hydrogen-bond acceptors (Lipinski definition) is 4. The van der Waals surface area contributed by atoms with E-state index < -0.39 is 0 Å². The number of carbonyl (C=O) groups is 1. The van der Waals surface area contributed by atoms with Gasteiger partial charge in [0.05, 0.1) is 6.04 Å². The highest BCUT2D eigenvalue weighted by molar-refractivity contribution is 5.73. The molecule has 176 valence electrons. The Balaban J connectivity index is 1.18. The van der Waals surface area contributed by atoms with Crippen LogP contribution in [-0.4, -0.2) is 78.0 Å². The summed E-state index contributed by atoms with van der Waals surface area (Å²) in [5.41, 5.74) is 2.70.